The maximum atomic E-state index is 12.7. The number of ether oxygens (including phenoxy) is 1. The molecule has 6 nitrogen and oxygen atoms in total. The average molecular weight is 292 g/mol. The summed E-state index contributed by atoms with van der Waals surface area (Å²) >= 11 is 0. The van der Waals surface area contributed by atoms with Gasteiger partial charge in [0.05, 0.1) is 13.0 Å². The molecule has 0 atom stereocenters. The predicted molar refractivity (Wildman–Crippen MR) is 74.2 cm³/mol. The number of aryl methyl sites for hydroxylation is 1. The molecule has 21 heavy (non-hydrogen) atoms. The van der Waals surface area contributed by atoms with E-state index in [0.29, 0.717) is 12.3 Å². The van der Waals surface area contributed by atoms with Crippen LogP contribution in [-0.2, 0) is 11.2 Å². The number of carbonyl (C=O) groups is 1. The fourth-order valence-corrected chi connectivity index (χ4v) is 1.72. The lowest BCUT2D eigenvalue weighted by Crippen LogP contribution is -2.26. The molecule has 0 aliphatic carbocycles. The lowest BCUT2D eigenvalue weighted by molar-refractivity contribution is -0.121. The summed E-state index contributed by atoms with van der Waals surface area (Å²) in [4.78, 5) is 15.6. The number of nitrogens with one attached hydrogen (secondary N) is 2. The summed E-state index contributed by atoms with van der Waals surface area (Å²) in [7, 11) is 0. The second-order valence-corrected chi connectivity index (χ2v) is 4.44. The molecule has 2 rings (SSSR count). The molecule has 1 heterocycles. The van der Waals surface area contributed by atoms with E-state index < -0.39 is 0 Å². The highest BCUT2D eigenvalue weighted by molar-refractivity contribution is 5.75. The van der Waals surface area contributed by atoms with Gasteiger partial charge in [-0.25, -0.2) is 9.37 Å². The van der Waals surface area contributed by atoms with Crippen LogP contribution in [0.3, 0.4) is 0 Å². The van der Waals surface area contributed by atoms with Gasteiger partial charge in [-0.1, -0.05) is 0 Å². The van der Waals surface area contributed by atoms with E-state index in [4.69, 9.17) is 4.74 Å². The zero-order chi connectivity index (χ0) is 14.9. The lowest BCUT2D eigenvalue weighted by Gasteiger charge is -2.07. The van der Waals surface area contributed by atoms with E-state index in [9.17, 15) is 9.18 Å². The van der Waals surface area contributed by atoms with E-state index in [2.05, 4.69) is 20.5 Å². The van der Waals surface area contributed by atoms with Crippen molar-refractivity contribution in [2.24, 2.45) is 0 Å². The van der Waals surface area contributed by atoms with Crippen LogP contribution in [0.5, 0.6) is 5.75 Å². The highest BCUT2D eigenvalue weighted by atomic mass is 19.1. The van der Waals surface area contributed by atoms with Gasteiger partial charge in [-0.2, -0.15) is 5.10 Å². The first-order chi connectivity index (χ1) is 10.2. The molecule has 2 N–H and O–H groups in total. The zero-order valence-corrected chi connectivity index (χ0v) is 11.5. The molecular formula is C14H17FN4O2. The normalized spacial score (nSPS) is 10.3. The number of aromatic amines is 1. The summed E-state index contributed by atoms with van der Waals surface area (Å²) in [6, 6.07) is 5.70. The Labute approximate surface area is 121 Å². The minimum atomic E-state index is -0.313. The van der Waals surface area contributed by atoms with E-state index in [1.165, 1.54) is 30.6 Å². The van der Waals surface area contributed by atoms with Crippen molar-refractivity contribution in [3.05, 3.63) is 42.2 Å². The van der Waals surface area contributed by atoms with Gasteiger partial charge in [0.2, 0.25) is 5.91 Å². The summed E-state index contributed by atoms with van der Waals surface area (Å²) in [5, 5.41) is 9.31. The third-order valence-electron chi connectivity index (χ3n) is 2.79. The fraction of sp³-hybridized carbons (Fsp3) is 0.357. The first kappa shape index (κ1) is 15.0. The van der Waals surface area contributed by atoms with Crippen molar-refractivity contribution in [2.45, 2.75) is 19.3 Å². The molecule has 1 aromatic heterocycles. The number of benzene rings is 1. The van der Waals surface area contributed by atoms with Gasteiger partial charge >= 0.3 is 0 Å². The highest BCUT2D eigenvalue weighted by Gasteiger charge is 2.02. The number of hydrogen-bond donors (Lipinski definition) is 2. The topological polar surface area (TPSA) is 79.9 Å². The van der Waals surface area contributed by atoms with Gasteiger partial charge in [-0.15, -0.1) is 0 Å². The van der Waals surface area contributed by atoms with Gasteiger partial charge in [0, 0.05) is 13.0 Å². The maximum absolute atomic E-state index is 12.7. The first-order valence-electron chi connectivity index (χ1n) is 6.73. The van der Waals surface area contributed by atoms with Crippen LogP contribution in [0.2, 0.25) is 0 Å². The van der Waals surface area contributed by atoms with Gasteiger partial charge in [-0.3, -0.25) is 9.89 Å². The largest absolute Gasteiger partial charge is 0.493 e. The highest BCUT2D eigenvalue weighted by Crippen LogP contribution is 2.10. The van der Waals surface area contributed by atoms with Crippen LogP contribution in [0.15, 0.2) is 30.6 Å². The second kappa shape index (κ2) is 7.98. The molecule has 112 valence electrons. The summed E-state index contributed by atoms with van der Waals surface area (Å²) in [5.74, 6) is 0.972. The van der Waals surface area contributed by atoms with Crippen LogP contribution in [0.4, 0.5) is 4.39 Å². The second-order valence-electron chi connectivity index (χ2n) is 4.44. The minimum Gasteiger partial charge on any atom is -0.493 e. The number of nitrogens with zero attached hydrogens (tertiary/aromatic N) is 2. The van der Waals surface area contributed by atoms with Crippen LogP contribution in [0, 0.1) is 5.82 Å². The minimum absolute atomic E-state index is 0.0744. The van der Waals surface area contributed by atoms with Gasteiger partial charge in [0.1, 0.15) is 23.7 Å². The van der Waals surface area contributed by atoms with Crippen LogP contribution in [-0.4, -0.2) is 34.2 Å². The molecule has 0 unspecified atom stereocenters. The van der Waals surface area contributed by atoms with Crippen LogP contribution in [0.25, 0.3) is 0 Å². The number of amides is 1. The van der Waals surface area contributed by atoms with Gasteiger partial charge in [-0.05, 0) is 30.7 Å². The number of carbonyl (C=O) groups excluding carboxylic acids is 1. The molecule has 0 aliphatic rings. The smallest absolute Gasteiger partial charge is 0.223 e. The summed E-state index contributed by atoms with van der Waals surface area (Å²) < 4.78 is 18.0. The third kappa shape index (κ3) is 5.60. The lowest BCUT2D eigenvalue weighted by atomic mass is 10.3. The first-order valence-corrected chi connectivity index (χ1v) is 6.73. The van der Waals surface area contributed by atoms with Crippen molar-refractivity contribution in [1.29, 1.82) is 0 Å². The van der Waals surface area contributed by atoms with Gasteiger partial charge in [0.25, 0.3) is 0 Å². The number of aromatic nitrogens is 3. The monoisotopic (exact) mass is 292 g/mol. The molecule has 1 amide bonds. The van der Waals surface area contributed by atoms with Crippen molar-refractivity contribution in [2.75, 3.05) is 13.2 Å². The van der Waals surface area contributed by atoms with Crippen molar-refractivity contribution >= 4 is 5.91 Å². The molecule has 1 aromatic carbocycles. The van der Waals surface area contributed by atoms with Crippen molar-refractivity contribution in [1.82, 2.24) is 20.5 Å². The SMILES string of the molecule is O=C(CCOc1ccc(F)cc1)NCCCc1ncn[nH]1. The van der Waals surface area contributed by atoms with E-state index in [1.807, 2.05) is 0 Å². The number of halogens is 1. The standard InChI is InChI=1S/C14H17FN4O2/c15-11-3-5-12(6-4-11)21-9-7-14(20)16-8-1-2-13-17-10-18-19-13/h3-6,10H,1-2,7-9H2,(H,16,20)(H,17,18,19). The van der Waals surface area contributed by atoms with Crippen LogP contribution in [0.1, 0.15) is 18.7 Å². The van der Waals surface area contributed by atoms with Crippen LogP contribution >= 0.6 is 0 Å². The van der Waals surface area contributed by atoms with Crippen molar-refractivity contribution < 1.29 is 13.9 Å². The Hall–Kier alpha value is -2.44. The average Bonchev–Trinajstić information content (AvgIpc) is 2.99. The molecule has 7 heteroatoms. The maximum Gasteiger partial charge on any atom is 0.223 e. The quantitative estimate of drug-likeness (QED) is 0.722. The van der Waals surface area contributed by atoms with E-state index >= 15 is 0 Å². The van der Waals surface area contributed by atoms with E-state index in [0.717, 1.165) is 18.7 Å². The Bertz CT molecular complexity index is 543. The Balaban J connectivity index is 1.54. The van der Waals surface area contributed by atoms with E-state index in [1.54, 1.807) is 0 Å². The summed E-state index contributed by atoms with van der Waals surface area (Å²) in [6.07, 6.45) is 3.26. The molecule has 2 aromatic rings. The Morgan fingerprint density at radius 3 is 2.86 bits per heavy atom. The van der Waals surface area contributed by atoms with Crippen molar-refractivity contribution in [3.8, 4) is 5.75 Å². The third-order valence-corrected chi connectivity index (χ3v) is 2.79. The molecule has 0 radical (unpaired) electrons. The van der Waals surface area contributed by atoms with Gasteiger partial charge in [0.15, 0.2) is 0 Å². The predicted octanol–water partition coefficient (Wildman–Crippen LogP) is 1.46. The molecular weight excluding hydrogens is 275 g/mol. The summed E-state index contributed by atoms with van der Waals surface area (Å²) in [6.45, 7) is 0.843. The van der Waals surface area contributed by atoms with E-state index in [-0.39, 0.29) is 24.8 Å². The number of H-pyrrole nitrogens is 1. The Morgan fingerprint density at radius 2 is 2.14 bits per heavy atom. The summed E-state index contributed by atoms with van der Waals surface area (Å²) in [5.41, 5.74) is 0. The zero-order valence-electron chi connectivity index (χ0n) is 11.5. The molecule has 0 bridgehead atoms. The Kier molecular flexibility index (Phi) is 5.69. The number of hydrogen-bond acceptors (Lipinski definition) is 4. The molecule has 0 aliphatic heterocycles. The fourth-order valence-electron chi connectivity index (χ4n) is 1.72. The molecule has 0 spiro atoms. The molecule has 0 saturated heterocycles. The number of rotatable bonds is 8. The molecule has 0 saturated carbocycles. The Morgan fingerprint density at radius 1 is 1.33 bits per heavy atom. The van der Waals surface area contributed by atoms with Crippen molar-refractivity contribution in [3.63, 3.8) is 0 Å². The molecule has 0 fully saturated rings. The van der Waals surface area contributed by atoms with Gasteiger partial charge < -0.3 is 10.1 Å². The van der Waals surface area contributed by atoms with Crippen LogP contribution < -0.4 is 10.1 Å².